The predicted octanol–water partition coefficient (Wildman–Crippen LogP) is 3.61. The Hall–Kier alpha value is -1.57. The lowest BCUT2D eigenvalue weighted by molar-refractivity contribution is 0.851. The van der Waals surface area contributed by atoms with E-state index < -0.39 is 0 Å². The summed E-state index contributed by atoms with van der Waals surface area (Å²) in [5.74, 6) is 1.62. The maximum atomic E-state index is 4.61. The van der Waals surface area contributed by atoms with Crippen LogP contribution in [0.4, 0.5) is 0 Å². The molecule has 1 heterocycles. The predicted molar refractivity (Wildman–Crippen MR) is 70.3 cm³/mol. The van der Waals surface area contributed by atoms with Crippen LogP contribution in [-0.4, -0.2) is 9.97 Å². The quantitative estimate of drug-likeness (QED) is 0.790. The summed E-state index contributed by atoms with van der Waals surface area (Å²) in [7, 11) is 0. The normalized spacial score (nSPS) is 13.6. The van der Waals surface area contributed by atoms with E-state index in [4.69, 9.17) is 0 Å². The third kappa shape index (κ3) is 1.68. The van der Waals surface area contributed by atoms with E-state index in [9.17, 15) is 0 Å². The molecule has 0 atom stereocenters. The average molecular weight is 226 g/mol. The number of fused-ring (bicyclic) bond motifs is 3. The minimum atomic E-state index is 0.600. The second-order valence-electron chi connectivity index (χ2n) is 5.22. The first kappa shape index (κ1) is 10.6. The molecule has 1 aliphatic rings. The third-order valence-electron chi connectivity index (χ3n) is 3.59. The van der Waals surface area contributed by atoms with Gasteiger partial charge >= 0.3 is 0 Å². The average Bonchev–Trinajstić information content (AvgIpc) is 2.69. The van der Waals surface area contributed by atoms with Crippen LogP contribution >= 0.6 is 0 Å². The summed E-state index contributed by atoms with van der Waals surface area (Å²) in [6, 6.07) is 6.83. The van der Waals surface area contributed by atoms with Gasteiger partial charge in [0, 0.05) is 11.3 Å². The highest BCUT2D eigenvalue weighted by molar-refractivity contribution is 5.69. The maximum absolute atomic E-state index is 4.61. The van der Waals surface area contributed by atoms with Gasteiger partial charge in [-0.05, 0) is 36.8 Å². The van der Waals surface area contributed by atoms with Gasteiger partial charge in [0.05, 0.1) is 5.69 Å². The summed E-state index contributed by atoms with van der Waals surface area (Å²) in [6.45, 7) is 6.52. The first-order valence-corrected chi connectivity index (χ1v) is 6.34. The Kier molecular flexibility index (Phi) is 2.32. The number of benzene rings is 1. The zero-order chi connectivity index (χ0) is 12.0. The molecule has 0 radical (unpaired) electrons. The van der Waals surface area contributed by atoms with Crippen molar-refractivity contribution in [3.8, 4) is 11.3 Å². The molecular formula is C15H18N2. The van der Waals surface area contributed by atoms with Crippen LogP contribution in [0.1, 0.15) is 42.4 Å². The SMILES string of the molecule is Cc1nc2c([nH]1)CCc1cc(C(C)C)ccc1-2. The molecular weight excluding hydrogens is 208 g/mol. The molecule has 1 aromatic carbocycles. The van der Waals surface area contributed by atoms with E-state index >= 15 is 0 Å². The van der Waals surface area contributed by atoms with Crippen LogP contribution in [0.5, 0.6) is 0 Å². The fourth-order valence-corrected chi connectivity index (χ4v) is 2.61. The van der Waals surface area contributed by atoms with Gasteiger partial charge in [-0.15, -0.1) is 0 Å². The molecule has 1 N–H and O–H groups in total. The van der Waals surface area contributed by atoms with Gasteiger partial charge in [-0.1, -0.05) is 32.0 Å². The summed E-state index contributed by atoms with van der Waals surface area (Å²) >= 11 is 0. The molecule has 2 nitrogen and oxygen atoms in total. The molecule has 1 aliphatic carbocycles. The van der Waals surface area contributed by atoms with E-state index in [0.717, 1.165) is 18.7 Å². The molecule has 2 aromatic rings. The van der Waals surface area contributed by atoms with Crippen molar-refractivity contribution in [2.75, 3.05) is 0 Å². The Balaban J connectivity index is 2.14. The minimum absolute atomic E-state index is 0.600. The number of aromatic amines is 1. The van der Waals surface area contributed by atoms with Gasteiger partial charge < -0.3 is 4.98 Å². The summed E-state index contributed by atoms with van der Waals surface area (Å²) in [5, 5.41) is 0. The van der Waals surface area contributed by atoms with Crippen molar-refractivity contribution in [3.63, 3.8) is 0 Å². The Morgan fingerprint density at radius 3 is 2.82 bits per heavy atom. The lowest BCUT2D eigenvalue weighted by Crippen LogP contribution is -2.04. The molecule has 0 spiro atoms. The van der Waals surface area contributed by atoms with Crippen molar-refractivity contribution in [2.24, 2.45) is 0 Å². The molecule has 0 saturated carbocycles. The van der Waals surface area contributed by atoms with Crippen LogP contribution in [0.15, 0.2) is 18.2 Å². The highest BCUT2D eigenvalue weighted by atomic mass is 14.9. The number of nitrogens with zero attached hydrogens (tertiary/aromatic N) is 1. The largest absolute Gasteiger partial charge is 0.346 e. The second kappa shape index (κ2) is 3.73. The topological polar surface area (TPSA) is 28.7 Å². The smallest absolute Gasteiger partial charge is 0.103 e. The fourth-order valence-electron chi connectivity index (χ4n) is 2.61. The van der Waals surface area contributed by atoms with Gasteiger partial charge in [-0.2, -0.15) is 0 Å². The van der Waals surface area contributed by atoms with Crippen molar-refractivity contribution in [1.29, 1.82) is 0 Å². The lowest BCUT2D eigenvalue weighted by Gasteiger charge is -2.17. The standard InChI is InChI=1S/C15H18N2/c1-9(2)11-4-6-13-12(8-11)5-7-14-15(13)17-10(3)16-14/h4,6,8-9H,5,7H2,1-3H3,(H,16,17). The summed E-state index contributed by atoms with van der Waals surface area (Å²) in [4.78, 5) is 7.98. The Bertz CT molecular complexity index is 564. The van der Waals surface area contributed by atoms with Gasteiger partial charge in [-0.3, -0.25) is 0 Å². The van der Waals surface area contributed by atoms with E-state index in [1.165, 1.54) is 28.1 Å². The molecule has 2 heteroatoms. The van der Waals surface area contributed by atoms with Crippen molar-refractivity contribution in [1.82, 2.24) is 9.97 Å². The van der Waals surface area contributed by atoms with E-state index in [2.05, 4.69) is 42.0 Å². The Morgan fingerprint density at radius 2 is 2.06 bits per heavy atom. The zero-order valence-electron chi connectivity index (χ0n) is 10.7. The van der Waals surface area contributed by atoms with Crippen LogP contribution in [-0.2, 0) is 12.8 Å². The number of nitrogens with one attached hydrogen (secondary N) is 1. The van der Waals surface area contributed by atoms with Gasteiger partial charge in [-0.25, -0.2) is 4.98 Å². The number of hydrogen-bond donors (Lipinski definition) is 1. The van der Waals surface area contributed by atoms with Gasteiger partial charge in [0.15, 0.2) is 0 Å². The minimum Gasteiger partial charge on any atom is -0.346 e. The van der Waals surface area contributed by atoms with E-state index in [-0.39, 0.29) is 0 Å². The van der Waals surface area contributed by atoms with Crippen molar-refractivity contribution in [3.05, 3.63) is 40.8 Å². The molecule has 0 saturated heterocycles. The first-order chi connectivity index (χ1) is 8.15. The van der Waals surface area contributed by atoms with Crippen LogP contribution < -0.4 is 0 Å². The number of rotatable bonds is 1. The highest BCUT2D eigenvalue weighted by Crippen LogP contribution is 2.33. The fraction of sp³-hybridized carbons (Fsp3) is 0.400. The Labute approximate surface area is 102 Å². The summed E-state index contributed by atoms with van der Waals surface area (Å²) < 4.78 is 0. The van der Waals surface area contributed by atoms with Crippen molar-refractivity contribution in [2.45, 2.75) is 39.5 Å². The molecule has 0 bridgehead atoms. The molecule has 0 aliphatic heterocycles. The van der Waals surface area contributed by atoms with Gasteiger partial charge in [0.1, 0.15) is 5.82 Å². The van der Waals surface area contributed by atoms with Crippen molar-refractivity contribution >= 4 is 0 Å². The van der Waals surface area contributed by atoms with Gasteiger partial charge in [0.2, 0.25) is 0 Å². The third-order valence-corrected chi connectivity index (χ3v) is 3.59. The van der Waals surface area contributed by atoms with Gasteiger partial charge in [0.25, 0.3) is 0 Å². The monoisotopic (exact) mass is 226 g/mol. The maximum Gasteiger partial charge on any atom is 0.103 e. The summed E-state index contributed by atoms with van der Waals surface area (Å²) in [6.07, 6.45) is 2.22. The number of hydrogen-bond acceptors (Lipinski definition) is 1. The summed E-state index contributed by atoms with van der Waals surface area (Å²) in [5.41, 5.74) is 6.67. The molecule has 0 amide bonds. The molecule has 88 valence electrons. The molecule has 3 rings (SSSR count). The Morgan fingerprint density at radius 1 is 1.24 bits per heavy atom. The molecule has 0 unspecified atom stereocenters. The highest BCUT2D eigenvalue weighted by Gasteiger charge is 2.19. The van der Waals surface area contributed by atoms with Crippen LogP contribution in [0.25, 0.3) is 11.3 Å². The number of imidazole rings is 1. The molecule has 0 fully saturated rings. The van der Waals surface area contributed by atoms with E-state index in [1.807, 2.05) is 6.92 Å². The van der Waals surface area contributed by atoms with E-state index in [1.54, 1.807) is 0 Å². The second-order valence-corrected chi connectivity index (χ2v) is 5.22. The molecule has 17 heavy (non-hydrogen) atoms. The van der Waals surface area contributed by atoms with Crippen LogP contribution in [0.3, 0.4) is 0 Å². The number of aromatic nitrogens is 2. The number of aryl methyl sites for hydroxylation is 3. The van der Waals surface area contributed by atoms with Crippen LogP contribution in [0.2, 0.25) is 0 Å². The number of H-pyrrole nitrogens is 1. The van der Waals surface area contributed by atoms with Crippen LogP contribution in [0, 0.1) is 6.92 Å². The zero-order valence-corrected chi connectivity index (χ0v) is 10.7. The molecule has 1 aromatic heterocycles. The van der Waals surface area contributed by atoms with Crippen molar-refractivity contribution < 1.29 is 0 Å². The first-order valence-electron chi connectivity index (χ1n) is 6.34. The van der Waals surface area contributed by atoms with E-state index in [0.29, 0.717) is 5.92 Å². The lowest BCUT2D eigenvalue weighted by atomic mass is 9.89.